The first-order chi connectivity index (χ1) is 8.69. The first kappa shape index (κ1) is 13.8. The summed E-state index contributed by atoms with van der Waals surface area (Å²) in [6.45, 7) is 9.44. The van der Waals surface area contributed by atoms with Crippen LogP contribution in [0, 0.1) is 13.8 Å². The van der Waals surface area contributed by atoms with Crippen molar-refractivity contribution in [1.82, 2.24) is 19.7 Å². The van der Waals surface area contributed by atoms with Crippen LogP contribution in [0.2, 0.25) is 5.15 Å². The molecule has 19 heavy (non-hydrogen) atoms. The van der Waals surface area contributed by atoms with Crippen molar-refractivity contribution in [2.24, 2.45) is 0 Å². The lowest BCUT2D eigenvalue weighted by atomic mass is 10.1. The van der Waals surface area contributed by atoms with Gasteiger partial charge in [-0.3, -0.25) is 9.20 Å². The predicted octanol–water partition coefficient (Wildman–Crippen LogP) is 2.53. The molecule has 0 atom stereocenters. The third kappa shape index (κ3) is 2.71. The van der Waals surface area contributed by atoms with E-state index in [2.05, 4.69) is 15.3 Å². The summed E-state index contributed by atoms with van der Waals surface area (Å²) in [5.41, 5.74) is 2.02. The van der Waals surface area contributed by atoms with Crippen LogP contribution >= 0.6 is 11.6 Å². The molecule has 0 unspecified atom stereocenters. The SMILES string of the molecule is Cc1cn2c(C)c(Cl)nc(C(=O)NC(C)(C)C)c2n1. The van der Waals surface area contributed by atoms with Gasteiger partial charge in [0.15, 0.2) is 11.3 Å². The summed E-state index contributed by atoms with van der Waals surface area (Å²) in [4.78, 5) is 20.8. The molecule has 2 aromatic heterocycles. The van der Waals surface area contributed by atoms with Crippen molar-refractivity contribution in [1.29, 1.82) is 0 Å². The average molecular weight is 281 g/mol. The number of fused-ring (bicyclic) bond motifs is 1. The number of hydrogen-bond acceptors (Lipinski definition) is 3. The number of aryl methyl sites for hydroxylation is 2. The fourth-order valence-electron chi connectivity index (χ4n) is 1.80. The molecular weight excluding hydrogens is 264 g/mol. The molecule has 5 nitrogen and oxygen atoms in total. The highest BCUT2D eigenvalue weighted by atomic mass is 35.5. The molecule has 2 rings (SSSR count). The Balaban J connectivity index is 2.60. The smallest absolute Gasteiger partial charge is 0.274 e. The minimum atomic E-state index is -0.339. The van der Waals surface area contributed by atoms with Crippen molar-refractivity contribution in [2.75, 3.05) is 0 Å². The van der Waals surface area contributed by atoms with Crippen LogP contribution in [0.4, 0.5) is 0 Å². The van der Waals surface area contributed by atoms with Crippen molar-refractivity contribution >= 4 is 23.2 Å². The molecule has 0 saturated heterocycles. The number of halogens is 1. The summed E-state index contributed by atoms with van der Waals surface area (Å²) >= 11 is 6.08. The molecule has 0 fully saturated rings. The van der Waals surface area contributed by atoms with Crippen LogP contribution < -0.4 is 5.32 Å². The van der Waals surface area contributed by atoms with Gasteiger partial charge in [0.05, 0.1) is 11.4 Å². The Hall–Kier alpha value is -1.62. The van der Waals surface area contributed by atoms with Crippen LogP contribution in [0.3, 0.4) is 0 Å². The summed E-state index contributed by atoms with van der Waals surface area (Å²) in [6, 6.07) is 0. The number of rotatable bonds is 1. The predicted molar refractivity (Wildman–Crippen MR) is 74.7 cm³/mol. The van der Waals surface area contributed by atoms with Gasteiger partial charge in [-0.25, -0.2) is 9.97 Å². The summed E-state index contributed by atoms with van der Waals surface area (Å²) in [6.07, 6.45) is 1.84. The Morgan fingerprint density at radius 2 is 1.95 bits per heavy atom. The quantitative estimate of drug-likeness (QED) is 0.873. The Labute approximate surface area is 117 Å². The van der Waals surface area contributed by atoms with Crippen LogP contribution in [0.25, 0.3) is 5.65 Å². The molecule has 0 bridgehead atoms. The second-order valence-corrected chi connectivity index (χ2v) is 5.97. The largest absolute Gasteiger partial charge is 0.346 e. The normalized spacial score (nSPS) is 11.9. The monoisotopic (exact) mass is 280 g/mol. The zero-order valence-electron chi connectivity index (χ0n) is 11.7. The number of carbonyl (C=O) groups is 1. The van der Waals surface area contributed by atoms with Crippen molar-refractivity contribution in [2.45, 2.75) is 40.2 Å². The third-order valence-electron chi connectivity index (χ3n) is 2.61. The first-order valence-corrected chi connectivity index (χ1v) is 6.41. The lowest BCUT2D eigenvalue weighted by Crippen LogP contribution is -2.41. The van der Waals surface area contributed by atoms with E-state index >= 15 is 0 Å². The molecule has 2 heterocycles. The van der Waals surface area contributed by atoms with E-state index in [1.54, 1.807) is 4.40 Å². The van der Waals surface area contributed by atoms with Crippen LogP contribution in [0.1, 0.15) is 42.6 Å². The van der Waals surface area contributed by atoms with Gasteiger partial charge in [-0.15, -0.1) is 0 Å². The van der Waals surface area contributed by atoms with Gasteiger partial charge in [0.25, 0.3) is 5.91 Å². The fraction of sp³-hybridized carbons (Fsp3) is 0.462. The number of imidazole rings is 1. The standard InChI is InChI=1S/C13H17ClN4O/c1-7-6-18-8(2)10(14)16-9(11(18)15-7)12(19)17-13(3,4)5/h6H,1-5H3,(H,17,19). The molecular formula is C13H17ClN4O. The van der Waals surface area contributed by atoms with E-state index < -0.39 is 0 Å². The van der Waals surface area contributed by atoms with Gasteiger partial charge in [0, 0.05) is 11.7 Å². The van der Waals surface area contributed by atoms with Crippen molar-refractivity contribution < 1.29 is 4.79 Å². The molecule has 1 N–H and O–H groups in total. The molecule has 0 saturated carbocycles. The molecule has 0 aliphatic heterocycles. The number of amides is 1. The summed E-state index contributed by atoms with van der Waals surface area (Å²) in [5.74, 6) is -0.273. The zero-order chi connectivity index (χ0) is 14.4. The number of nitrogens with one attached hydrogen (secondary N) is 1. The maximum atomic E-state index is 12.3. The van der Waals surface area contributed by atoms with Gasteiger partial charge >= 0.3 is 0 Å². The molecule has 1 amide bonds. The molecule has 0 aliphatic carbocycles. The minimum absolute atomic E-state index is 0.249. The second kappa shape index (κ2) is 4.49. The lowest BCUT2D eigenvalue weighted by Gasteiger charge is -2.20. The summed E-state index contributed by atoms with van der Waals surface area (Å²) in [7, 11) is 0. The number of carbonyl (C=O) groups excluding carboxylic acids is 1. The number of nitrogens with zero attached hydrogens (tertiary/aromatic N) is 3. The Morgan fingerprint density at radius 1 is 1.32 bits per heavy atom. The molecule has 102 valence electrons. The van der Waals surface area contributed by atoms with Gasteiger partial charge in [-0.1, -0.05) is 11.6 Å². The van der Waals surface area contributed by atoms with Crippen molar-refractivity contribution in [3.8, 4) is 0 Å². The maximum Gasteiger partial charge on any atom is 0.274 e. The zero-order valence-corrected chi connectivity index (χ0v) is 12.5. The second-order valence-electron chi connectivity index (χ2n) is 5.62. The van der Waals surface area contributed by atoms with Crippen LogP contribution in [0.15, 0.2) is 6.20 Å². The van der Waals surface area contributed by atoms with E-state index in [9.17, 15) is 4.79 Å². The molecule has 0 aliphatic rings. The third-order valence-corrected chi connectivity index (χ3v) is 2.97. The van der Waals surface area contributed by atoms with Gasteiger partial charge in [0.1, 0.15) is 5.15 Å². The maximum absolute atomic E-state index is 12.3. The molecule has 0 aromatic carbocycles. The molecule has 0 spiro atoms. The van der Waals surface area contributed by atoms with Gasteiger partial charge in [0.2, 0.25) is 0 Å². The van der Waals surface area contributed by atoms with Crippen LogP contribution in [-0.2, 0) is 0 Å². The van der Waals surface area contributed by atoms with E-state index in [0.717, 1.165) is 11.4 Å². The minimum Gasteiger partial charge on any atom is -0.346 e. The summed E-state index contributed by atoms with van der Waals surface area (Å²) in [5, 5.41) is 3.18. The van der Waals surface area contributed by atoms with E-state index in [0.29, 0.717) is 10.8 Å². The van der Waals surface area contributed by atoms with Crippen LogP contribution in [-0.4, -0.2) is 25.8 Å². The Bertz CT molecular complexity index is 655. The molecule has 0 radical (unpaired) electrons. The van der Waals surface area contributed by atoms with Gasteiger partial charge in [-0.2, -0.15) is 0 Å². The molecule has 6 heteroatoms. The highest BCUT2D eigenvalue weighted by Crippen LogP contribution is 2.19. The van der Waals surface area contributed by atoms with Crippen LogP contribution in [0.5, 0.6) is 0 Å². The van der Waals surface area contributed by atoms with Gasteiger partial charge < -0.3 is 5.32 Å². The molecule has 2 aromatic rings. The van der Waals surface area contributed by atoms with E-state index in [4.69, 9.17) is 11.6 Å². The van der Waals surface area contributed by atoms with Crippen molar-refractivity contribution in [3.63, 3.8) is 0 Å². The summed E-state index contributed by atoms with van der Waals surface area (Å²) < 4.78 is 1.79. The Kier molecular flexibility index (Phi) is 3.26. The van der Waals surface area contributed by atoms with Crippen molar-refractivity contribution in [3.05, 3.63) is 28.4 Å². The number of hydrogen-bond donors (Lipinski definition) is 1. The average Bonchev–Trinajstić information content (AvgIpc) is 2.63. The highest BCUT2D eigenvalue weighted by molar-refractivity contribution is 6.30. The Morgan fingerprint density at radius 3 is 2.53 bits per heavy atom. The van der Waals surface area contributed by atoms with E-state index in [1.165, 1.54) is 0 Å². The fourth-order valence-corrected chi connectivity index (χ4v) is 1.98. The number of aromatic nitrogens is 3. The first-order valence-electron chi connectivity index (χ1n) is 6.03. The lowest BCUT2D eigenvalue weighted by molar-refractivity contribution is 0.0915. The highest BCUT2D eigenvalue weighted by Gasteiger charge is 2.22. The van der Waals surface area contributed by atoms with E-state index in [1.807, 2.05) is 40.8 Å². The topological polar surface area (TPSA) is 59.3 Å². The van der Waals surface area contributed by atoms with E-state index in [-0.39, 0.29) is 17.1 Å². The van der Waals surface area contributed by atoms with Gasteiger partial charge in [-0.05, 0) is 34.6 Å².